The standard InChI is InChI=1S/C16H22O/c1-3-15(17)16(10-4-11-16)12-9-14-7-5-13(2)6-8-14/h5-8H,3-4,9-12H2,1-2H3. The van der Waals surface area contributed by atoms with Gasteiger partial charge in [-0.05, 0) is 38.2 Å². The molecule has 0 aliphatic heterocycles. The number of carbonyl (C=O) groups is 1. The largest absolute Gasteiger partial charge is 0.299 e. The fourth-order valence-corrected chi connectivity index (χ4v) is 2.79. The van der Waals surface area contributed by atoms with E-state index in [4.69, 9.17) is 0 Å². The van der Waals surface area contributed by atoms with Crippen molar-refractivity contribution in [2.75, 3.05) is 0 Å². The molecule has 92 valence electrons. The molecule has 0 bridgehead atoms. The van der Waals surface area contributed by atoms with Gasteiger partial charge in [0, 0.05) is 11.8 Å². The van der Waals surface area contributed by atoms with Gasteiger partial charge in [0.15, 0.2) is 0 Å². The van der Waals surface area contributed by atoms with Crippen molar-refractivity contribution in [2.45, 2.75) is 52.4 Å². The Balaban J connectivity index is 1.96. The van der Waals surface area contributed by atoms with Crippen LogP contribution < -0.4 is 0 Å². The lowest BCUT2D eigenvalue weighted by molar-refractivity contribution is -0.133. The molecule has 0 radical (unpaired) electrons. The van der Waals surface area contributed by atoms with Gasteiger partial charge >= 0.3 is 0 Å². The van der Waals surface area contributed by atoms with E-state index >= 15 is 0 Å². The van der Waals surface area contributed by atoms with Crippen LogP contribution in [0.3, 0.4) is 0 Å². The molecule has 17 heavy (non-hydrogen) atoms. The van der Waals surface area contributed by atoms with E-state index in [0.717, 1.165) is 25.7 Å². The number of Topliss-reactive ketones (excluding diaryl/α,β-unsaturated/α-hetero) is 1. The summed E-state index contributed by atoms with van der Waals surface area (Å²) in [6.45, 7) is 4.10. The maximum atomic E-state index is 12.0. The Labute approximate surface area is 104 Å². The molecule has 1 fully saturated rings. The van der Waals surface area contributed by atoms with Gasteiger partial charge in [-0.15, -0.1) is 0 Å². The first kappa shape index (κ1) is 12.3. The van der Waals surface area contributed by atoms with Crippen molar-refractivity contribution in [1.29, 1.82) is 0 Å². The normalized spacial score (nSPS) is 17.5. The summed E-state index contributed by atoms with van der Waals surface area (Å²) in [5, 5.41) is 0. The molecule has 1 heteroatoms. The third kappa shape index (κ3) is 2.59. The molecule has 0 N–H and O–H groups in total. The Hall–Kier alpha value is -1.11. The lowest BCUT2D eigenvalue weighted by Gasteiger charge is -2.40. The van der Waals surface area contributed by atoms with Gasteiger partial charge in [0.25, 0.3) is 0 Å². The van der Waals surface area contributed by atoms with Crippen LogP contribution in [0.25, 0.3) is 0 Å². The van der Waals surface area contributed by atoms with Crippen LogP contribution in [0.1, 0.15) is 50.2 Å². The lowest BCUT2D eigenvalue weighted by atomic mass is 9.62. The van der Waals surface area contributed by atoms with Crippen molar-refractivity contribution in [2.24, 2.45) is 5.41 Å². The summed E-state index contributed by atoms with van der Waals surface area (Å²) in [6.07, 6.45) is 6.26. The number of carbonyl (C=O) groups excluding carboxylic acids is 1. The van der Waals surface area contributed by atoms with E-state index in [2.05, 4.69) is 31.2 Å². The highest BCUT2D eigenvalue weighted by atomic mass is 16.1. The highest BCUT2D eigenvalue weighted by Crippen LogP contribution is 2.46. The minimum absolute atomic E-state index is 0.0413. The second-order valence-electron chi connectivity index (χ2n) is 5.40. The van der Waals surface area contributed by atoms with Gasteiger partial charge in [0.2, 0.25) is 0 Å². The monoisotopic (exact) mass is 230 g/mol. The summed E-state index contributed by atoms with van der Waals surface area (Å²) in [5.41, 5.74) is 2.71. The van der Waals surface area contributed by atoms with Crippen LogP contribution in [-0.4, -0.2) is 5.78 Å². The van der Waals surface area contributed by atoms with Crippen molar-refractivity contribution in [3.05, 3.63) is 35.4 Å². The smallest absolute Gasteiger partial charge is 0.138 e. The maximum Gasteiger partial charge on any atom is 0.138 e. The zero-order valence-corrected chi connectivity index (χ0v) is 11.0. The second kappa shape index (κ2) is 5.03. The van der Waals surface area contributed by atoms with E-state index in [0.29, 0.717) is 12.2 Å². The number of hydrogen-bond donors (Lipinski definition) is 0. The highest BCUT2D eigenvalue weighted by molar-refractivity contribution is 5.85. The van der Waals surface area contributed by atoms with E-state index in [-0.39, 0.29) is 5.41 Å². The summed E-state index contributed by atoms with van der Waals surface area (Å²) in [7, 11) is 0. The Morgan fingerprint density at radius 2 is 1.88 bits per heavy atom. The van der Waals surface area contributed by atoms with Gasteiger partial charge in [-0.25, -0.2) is 0 Å². The summed E-state index contributed by atoms with van der Waals surface area (Å²) in [5.74, 6) is 0.482. The molecule has 0 heterocycles. The molecule has 0 amide bonds. The molecular formula is C16H22O. The molecule has 1 aromatic rings. The van der Waals surface area contributed by atoms with Crippen LogP contribution in [0.5, 0.6) is 0 Å². The zero-order chi connectivity index (χ0) is 12.3. The maximum absolute atomic E-state index is 12.0. The summed E-state index contributed by atoms with van der Waals surface area (Å²) in [6, 6.07) is 8.70. The van der Waals surface area contributed by atoms with Gasteiger partial charge in [0.1, 0.15) is 5.78 Å². The topological polar surface area (TPSA) is 17.1 Å². The molecule has 0 spiro atoms. The van der Waals surface area contributed by atoms with Crippen LogP contribution >= 0.6 is 0 Å². The predicted molar refractivity (Wildman–Crippen MR) is 71.1 cm³/mol. The van der Waals surface area contributed by atoms with E-state index in [1.165, 1.54) is 17.5 Å². The van der Waals surface area contributed by atoms with Gasteiger partial charge < -0.3 is 0 Å². The molecule has 0 aromatic heterocycles. The molecule has 1 saturated carbocycles. The van der Waals surface area contributed by atoms with E-state index < -0.39 is 0 Å². The predicted octanol–water partition coefficient (Wildman–Crippen LogP) is 4.08. The third-order valence-electron chi connectivity index (χ3n) is 4.24. The number of benzene rings is 1. The van der Waals surface area contributed by atoms with E-state index in [9.17, 15) is 4.79 Å². The van der Waals surface area contributed by atoms with Crippen LogP contribution in [0.4, 0.5) is 0 Å². The molecule has 0 saturated heterocycles. The Bertz CT molecular complexity index is 384. The average Bonchev–Trinajstić information content (AvgIpc) is 2.29. The summed E-state index contributed by atoms with van der Waals surface area (Å²) < 4.78 is 0. The second-order valence-corrected chi connectivity index (χ2v) is 5.40. The first-order valence-electron chi connectivity index (χ1n) is 6.75. The number of ketones is 1. The number of hydrogen-bond acceptors (Lipinski definition) is 1. The van der Waals surface area contributed by atoms with Crippen molar-refractivity contribution in [3.63, 3.8) is 0 Å². The summed E-state index contributed by atoms with van der Waals surface area (Å²) >= 11 is 0. The minimum Gasteiger partial charge on any atom is -0.299 e. The molecular weight excluding hydrogens is 208 g/mol. The van der Waals surface area contributed by atoms with Crippen LogP contribution in [-0.2, 0) is 11.2 Å². The average molecular weight is 230 g/mol. The van der Waals surface area contributed by atoms with Crippen LogP contribution in [0, 0.1) is 12.3 Å². The van der Waals surface area contributed by atoms with Crippen molar-refractivity contribution in [3.8, 4) is 0 Å². The highest BCUT2D eigenvalue weighted by Gasteiger charge is 2.41. The first-order valence-corrected chi connectivity index (χ1v) is 6.75. The molecule has 1 aliphatic rings. The quantitative estimate of drug-likeness (QED) is 0.745. The van der Waals surface area contributed by atoms with Crippen molar-refractivity contribution < 1.29 is 4.79 Å². The van der Waals surface area contributed by atoms with Crippen molar-refractivity contribution in [1.82, 2.24) is 0 Å². The Morgan fingerprint density at radius 3 is 2.35 bits per heavy atom. The van der Waals surface area contributed by atoms with Crippen LogP contribution in [0.15, 0.2) is 24.3 Å². The van der Waals surface area contributed by atoms with Gasteiger partial charge in [-0.2, -0.15) is 0 Å². The van der Waals surface area contributed by atoms with Crippen LogP contribution in [0.2, 0.25) is 0 Å². The van der Waals surface area contributed by atoms with E-state index in [1.807, 2.05) is 6.92 Å². The first-order chi connectivity index (χ1) is 8.16. The zero-order valence-electron chi connectivity index (χ0n) is 11.0. The molecule has 1 aliphatic carbocycles. The number of rotatable bonds is 5. The SMILES string of the molecule is CCC(=O)C1(CCc2ccc(C)cc2)CCC1. The fourth-order valence-electron chi connectivity index (χ4n) is 2.79. The van der Waals surface area contributed by atoms with Gasteiger partial charge in [-0.1, -0.05) is 43.2 Å². The molecule has 0 unspecified atom stereocenters. The van der Waals surface area contributed by atoms with Crippen molar-refractivity contribution >= 4 is 5.78 Å². The van der Waals surface area contributed by atoms with E-state index in [1.54, 1.807) is 0 Å². The number of aryl methyl sites for hydroxylation is 2. The lowest BCUT2D eigenvalue weighted by Crippen LogP contribution is -2.38. The van der Waals surface area contributed by atoms with Gasteiger partial charge in [0.05, 0.1) is 0 Å². The Morgan fingerprint density at radius 1 is 1.24 bits per heavy atom. The minimum atomic E-state index is 0.0413. The molecule has 1 nitrogen and oxygen atoms in total. The molecule has 2 rings (SSSR count). The molecule has 1 aromatic carbocycles. The van der Waals surface area contributed by atoms with Gasteiger partial charge in [-0.3, -0.25) is 4.79 Å². The third-order valence-corrected chi connectivity index (χ3v) is 4.24. The fraction of sp³-hybridized carbons (Fsp3) is 0.562. The molecule has 0 atom stereocenters. The Kier molecular flexibility index (Phi) is 3.66. The summed E-state index contributed by atoms with van der Waals surface area (Å²) in [4.78, 5) is 12.0.